The van der Waals surface area contributed by atoms with Crippen molar-refractivity contribution in [2.24, 2.45) is 5.92 Å². The highest BCUT2D eigenvalue weighted by Crippen LogP contribution is 2.13. The molecule has 0 fully saturated rings. The van der Waals surface area contributed by atoms with Gasteiger partial charge in [-0.1, -0.05) is 25.2 Å². The Bertz CT molecular complexity index is 1050. The molecule has 3 rings (SSSR count). The van der Waals surface area contributed by atoms with Crippen LogP contribution in [0.1, 0.15) is 34.9 Å². The predicted molar refractivity (Wildman–Crippen MR) is 101 cm³/mol. The number of nitrogens with one attached hydrogen (secondary N) is 1. The van der Waals surface area contributed by atoms with Gasteiger partial charge in [-0.15, -0.1) is 0 Å². The average molecular weight is 386 g/mol. The van der Waals surface area contributed by atoms with Gasteiger partial charge >= 0.3 is 5.97 Å². The molecule has 0 aliphatic carbocycles. The van der Waals surface area contributed by atoms with Crippen LogP contribution in [0.15, 0.2) is 35.1 Å². The smallest absolute Gasteiger partial charge is 0.338 e. The number of rotatable bonds is 5. The highest BCUT2D eigenvalue weighted by Gasteiger charge is 2.12. The zero-order valence-corrected chi connectivity index (χ0v) is 15.9. The highest BCUT2D eigenvalue weighted by molar-refractivity contribution is 7.16. The maximum Gasteiger partial charge on any atom is 0.338 e. The van der Waals surface area contributed by atoms with E-state index in [1.54, 1.807) is 45.0 Å². The second-order valence-corrected chi connectivity index (χ2v) is 7.36. The number of hydrogen-bond acceptors (Lipinski definition) is 7. The molecular weight excluding hydrogens is 368 g/mol. The first-order valence-corrected chi connectivity index (χ1v) is 9.09. The summed E-state index contributed by atoms with van der Waals surface area (Å²) in [7, 11) is 0. The number of carbonyl (C=O) groups is 2. The molecule has 0 spiro atoms. The first-order chi connectivity index (χ1) is 12.8. The summed E-state index contributed by atoms with van der Waals surface area (Å²) in [5.41, 5.74) is 0.980. The highest BCUT2D eigenvalue weighted by atomic mass is 32.1. The number of carbonyl (C=O) groups excluding carboxylic acids is 2. The third-order valence-corrected chi connectivity index (χ3v) is 4.49. The fourth-order valence-electron chi connectivity index (χ4n) is 2.22. The second kappa shape index (κ2) is 7.67. The molecule has 2 aromatic heterocycles. The Morgan fingerprint density at radius 1 is 1.26 bits per heavy atom. The van der Waals surface area contributed by atoms with Gasteiger partial charge in [-0.3, -0.25) is 9.59 Å². The van der Waals surface area contributed by atoms with Crippen LogP contribution in [0.2, 0.25) is 0 Å². The number of fused-ring (bicyclic) bond motifs is 1. The van der Waals surface area contributed by atoms with E-state index in [4.69, 9.17) is 4.74 Å². The lowest BCUT2D eigenvalue weighted by atomic mass is 10.2. The van der Waals surface area contributed by atoms with Gasteiger partial charge in [-0.25, -0.2) is 9.78 Å². The Labute approximate surface area is 158 Å². The topological polar surface area (TPSA) is 103 Å². The zero-order valence-electron chi connectivity index (χ0n) is 15.1. The monoisotopic (exact) mass is 386 g/mol. The summed E-state index contributed by atoms with van der Waals surface area (Å²) in [5, 5.41) is 7.53. The van der Waals surface area contributed by atoms with Crippen molar-refractivity contribution < 1.29 is 14.3 Å². The fourth-order valence-corrected chi connectivity index (χ4v) is 2.99. The van der Waals surface area contributed by atoms with Crippen LogP contribution >= 0.6 is 11.3 Å². The van der Waals surface area contributed by atoms with E-state index < -0.39 is 5.97 Å². The van der Waals surface area contributed by atoms with Gasteiger partial charge in [-0.2, -0.15) is 9.61 Å². The van der Waals surface area contributed by atoms with E-state index in [2.05, 4.69) is 15.4 Å². The van der Waals surface area contributed by atoms with Crippen LogP contribution in [0.5, 0.6) is 0 Å². The molecular formula is C18H18N4O4S. The number of nitrogens with zero attached hydrogens (tertiary/aromatic N) is 3. The van der Waals surface area contributed by atoms with Crippen molar-refractivity contribution in [3.8, 4) is 0 Å². The van der Waals surface area contributed by atoms with Crippen molar-refractivity contribution in [3.63, 3.8) is 0 Å². The molecule has 0 radical (unpaired) electrons. The Kier molecular flexibility index (Phi) is 5.31. The minimum atomic E-state index is -0.542. The lowest BCUT2D eigenvalue weighted by Crippen LogP contribution is -2.18. The molecule has 0 bridgehead atoms. The summed E-state index contributed by atoms with van der Waals surface area (Å²) in [6, 6.07) is 7.69. The number of aromatic nitrogens is 3. The molecule has 0 saturated heterocycles. The summed E-state index contributed by atoms with van der Waals surface area (Å²) >= 11 is 1.29. The fraction of sp³-hybridized carbons (Fsp3) is 0.278. The first kappa shape index (κ1) is 18.7. The number of amides is 1. The maximum atomic E-state index is 12.2. The molecule has 0 saturated carbocycles. The van der Waals surface area contributed by atoms with Crippen molar-refractivity contribution in [1.29, 1.82) is 0 Å². The first-order valence-electron chi connectivity index (χ1n) is 8.28. The molecule has 2 heterocycles. The Morgan fingerprint density at radius 2 is 1.96 bits per heavy atom. The summed E-state index contributed by atoms with van der Waals surface area (Å²) in [5.74, 6) is -0.776. The average Bonchev–Trinajstić information content (AvgIpc) is 3.01. The normalized spacial score (nSPS) is 11.0. The Balaban J connectivity index is 1.65. The van der Waals surface area contributed by atoms with Gasteiger partial charge in [0.05, 0.1) is 11.3 Å². The van der Waals surface area contributed by atoms with E-state index in [0.29, 0.717) is 21.9 Å². The summed E-state index contributed by atoms with van der Waals surface area (Å²) < 4.78 is 6.45. The van der Waals surface area contributed by atoms with Crippen LogP contribution in [-0.4, -0.2) is 26.5 Å². The van der Waals surface area contributed by atoms with Crippen molar-refractivity contribution in [1.82, 2.24) is 14.6 Å². The standard InChI is InChI=1S/C18H18N4O4S/c1-10(2)16(24)19-13-6-4-12(5-7-13)17(25)26-9-14-8-15(23)22-18(20-14)27-11(3)21-22/h4-8,10H,9H2,1-3H3,(H,19,24). The summed E-state index contributed by atoms with van der Waals surface area (Å²) in [6.07, 6.45) is 0. The zero-order chi connectivity index (χ0) is 19.6. The molecule has 1 aromatic carbocycles. The number of ether oxygens (including phenoxy) is 1. The molecule has 0 unspecified atom stereocenters. The van der Waals surface area contributed by atoms with E-state index in [9.17, 15) is 14.4 Å². The van der Waals surface area contributed by atoms with Gasteiger partial charge in [0.25, 0.3) is 5.56 Å². The maximum absolute atomic E-state index is 12.2. The molecule has 0 aliphatic rings. The Morgan fingerprint density at radius 3 is 2.63 bits per heavy atom. The molecule has 9 heteroatoms. The van der Waals surface area contributed by atoms with E-state index in [0.717, 1.165) is 5.01 Å². The largest absolute Gasteiger partial charge is 0.456 e. The minimum Gasteiger partial charge on any atom is -0.456 e. The van der Waals surface area contributed by atoms with E-state index >= 15 is 0 Å². The lowest BCUT2D eigenvalue weighted by molar-refractivity contribution is -0.118. The lowest BCUT2D eigenvalue weighted by Gasteiger charge is -2.08. The van der Waals surface area contributed by atoms with E-state index in [-0.39, 0.29) is 24.0 Å². The van der Waals surface area contributed by atoms with Crippen LogP contribution in [-0.2, 0) is 16.1 Å². The molecule has 0 aliphatic heterocycles. The molecule has 1 N–H and O–H groups in total. The third-order valence-electron chi connectivity index (χ3n) is 3.66. The molecule has 140 valence electrons. The molecule has 1 amide bonds. The van der Waals surface area contributed by atoms with Gasteiger partial charge in [0.1, 0.15) is 11.6 Å². The van der Waals surface area contributed by atoms with Gasteiger partial charge < -0.3 is 10.1 Å². The van der Waals surface area contributed by atoms with Crippen molar-refractivity contribution in [2.75, 3.05) is 5.32 Å². The number of benzene rings is 1. The number of hydrogen-bond donors (Lipinski definition) is 1. The molecule has 0 atom stereocenters. The van der Waals surface area contributed by atoms with Crippen LogP contribution < -0.4 is 10.9 Å². The SMILES string of the molecule is Cc1nn2c(=O)cc(COC(=O)c3ccc(NC(=O)C(C)C)cc3)nc2s1. The van der Waals surface area contributed by atoms with Crippen molar-refractivity contribution in [2.45, 2.75) is 27.4 Å². The van der Waals surface area contributed by atoms with Gasteiger partial charge in [0, 0.05) is 17.7 Å². The van der Waals surface area contributed by atoms with Crippen LogP contribution in [0.3, 0.4) is 0 Å². The van der Waals surface area contributed by atoms with Crippen LogP contribution in [0.4, 0.5) is 5.69 Å². The van der Waals surface area contributed by atoms with Gasteiger partial charge in [0.2, 0.25) is 10.9 Å². The quantitative estimate of drug-likeness (QED) is 0.676. The van der Waals surface area contributed by atoms with Crippen molar-refractivity contribution >= 4 is 33.9 Å². The number of aryl methyl sites for hydroxylation is 1. The summed E-state index contributed by atoms with van der Waals surface area (Å²) in [4.78, 5) is 40.6. The van der Waals surface area contributed by atoms with Gasteiger partial charge in [0.15, 0.2) is 0 Å². The Hall–Kier alpha value is -3.07. The second-order valence-electron chi connectivity index (χ2n) is 6.20. The molecule has 27 heavy (non-hydrogen) atoms. The molecule has 3 aromatic rings. The van der Waals surface area contributed by atoms with E-state index in [1.807, 2.05) is 0 Å². The number of anilines is 1. The number of esters is 1. The minimum absolute atomic E-state index is 0.101. The third kappa shape index (κ3) is 4.37. The molecule has 8 nitrogen and oxygen atoms in total. The van der Waals surface area contributed by atoms with Gasteiger partial charge in [-0.05, 0) is 31.2 Å². The van der Waals surface area contributed by atoms with Crippen molar-refractivity contribution in [3.05, 3.63) is 57.0 Å². The van der Waals surface area contributed by atoms with Crippen LogP contribution in [0, 0.1) is 12.8 Å². The summed E-state index contributed by atoms with van der Waals surface area (Å²) in [6.45, 7) is 5.26. The van der Waals surface area contributed by atoms with E-state index in [1.165, 1.54) is 21.9 Å². The van der Waals surface area contributed by atoms with Crippen LogP contribution in [0.25, 0.3) is 4.96 Å². The predicted octanol–water partition coefficient (Wildman–Crippen LogP) is 2.41.